The van der Waals surface area contributed by atoms with Gasteiger partial charge in [0.05, 0.1) is 12.5 Å². The highest BCUT2D eigenvalue weighted by molar-refractivity contribution is 5.79. The van der Waals surface area contributed by atoms with E-state index in [0.717, 1.165) is 53.2 Å². The molecule has 1 amide bonds. The number of amides is 1. The first kappa shape index (κ1) is 27.8. The van der Waals surface area contributed by atoms with Crippen molar-refractivity contribution in [3.05, 3.63) is 118 Å². The number of aliphatic hydroxyl groups is 1. The molecule has 0 spiro atoms. The van der Waals surface area contributed by atoms with Crippen LogP contribution in [0.15, 0.2) is 79.0 Å². The molecule has 0 aliphatic heterocycles. The van der Waals surface area contributed by atoms with E-state index < -0.39 is 6.10 Å². The Labute approximate surface area is 237 Å². The van der Waals surface area contributed by atoms with Crippen molar-refractivity contribution in [1.29, 1.82) is 0 Å². The molecule has 5 rings (SSSR count). The smallest absolute Gasteiger partial charge is 0.224 e. The minimum absolute atomic E-state index is 0.0668. The van der Waals surface area contributed by atoms with Crippen molar-refractivity contribution in [2.75, 3.05) is 6.54 Å². The summed E-state index contributed by atoms with van der Waals surface area (Å²) in [5.41, 5.74) is 7.65. The number of β-amino-alcohol motifs (C(OH)–C–C–N with tert-alkyl or cyclic N) is 1. The van der Waals surface area contributed by atoms with Crippen LogP contribution in [0.5, 0.6) is 0 Å². The van der Waals surface area contributed by atoms with Crippen LogP contribution in [-0.2, 0) is 30.5 Å². The highest BCUT2D eigenvalue weighted by Crippen LogP contribution is 2.22. The Balaban J connectivity index is 1.12. The molecule has 1 aliphatic rings. The lowest BCUT2D eigenvalue weighted by molar-refractivity contribution is -0.121. The van der Waals surface area contributed by atoms with Crippen molar-refractivity contribution < 1.29 is 9.90 Å². The number of hydrogen-bond acceptors (Lipinski definition) is 4. The van der Waals surface area contributed by atoms with Gasteiger partial charge in [0.1, 0.15) is 5.82 Å². The SMILES string of the molecule is Cc1ccc(C)n1-c1ccc([C@H](O)CNC(C)(C)Cc2cccc(CC(=O)NC3Cc4ccccc4C3)c2)cn1. The quantitative estimate of drug-likeness (QED) is 0.268. The number of fused-ring (bicyclic) bond motifs is 1. The van der Waals surface area contributed by atoms with Crippen LogP contribution < -0.4 is 10.6 Å². The van der Waals surface area contributed by atoms with Crippen molar-refractivity contribution in [2.45, 2.75) is 71.1 Å². The summed E-state index contributed by atoms with van der Waals surface area (Å²) < 4.78 is 2.10. The Morgan fingerprint density at radius 3 is 2.30 bits per heavy atom. The Morgan fingerprint density at radius 1 is 0.975 bits per heavy atom. The number of carbonyl (C=O) groups excluding carboxylic acids is 1. The summed E-state index contributed by atoms with van der Waals surface area (Å²) in [5, 5.41) is 17.6. The molecular formula is C34H40N4O2. The lowest BCUT2D eigenvalue weighted by Crippen LogP contribution is -2.43. The number of nitrogens with zero attached hydrogens (tertiary/aromatic N) is 2. The highest BCUT2D eigenvalue weighted by Gasteiger charge is 2.23. The Hall–Kier alpha value is -3.74. The number of rotatable bonds is 10. The van der Waals surface area contributed by atoms with E-state index in [2.05, 4.69) is 96.4 Å². The first-order valence-corrected chi connectivity index (χ1v) is 14.2. The molecule has 0 saturated heterocycles. The number of benzene rings is 2. The number of pyridine rings is 1. The summed E-state index contributed by atoms with van der Waals surface area (Å²) in [7, 11) is 0. The average molecular weight is 537 g/mol. The van der Waals surface area contributed by atoms with Gasteiger partial charge >= 0.3 is 0 Å². The lowest BCUT2D eigenvalue weighted by atomic mass is 9.93. The van der Waals surface area contributed by atoms with E-state index in [1.807, 2.05) is 24.3 Å². The molecule has 0 radical (unpaired) electrons. The Bertz CT molecular complexity index is 1430. The second-order valence-electron chi connectivity index (χ2n) is 11.8. The summed E-state index contributed by atoms with van der Waals surface area (Å²) in [6.45, 7) is 8.81. The molecule has 2 heterocycles. The van der Waals surface area contributed by atoms with Crippen molar-refractivity contribution >= 4 is 5.91 Å². The second-order valence-corrected chi connectivity index (χ2v) is 11.8. The highest BCUT2D eigenvalue weighted by atomic mass is 16.3. The van der Waals surface area contributed by atoms with Gasteiger partial charge in [-0.2, -0.15) is 0 Å². The lowest BCUT2D eigenvalue weighted by Gasteiger charge is -2.28. The van der Waals surface area contributed by atoms with Crippen LogP contribution in [0.3, 0.4) is 0 Å². The number of nitrogens with one attached hydrogen (secondary N) is 2. The van der Waals surface area contributed by atoms with Crippen LogP contribution in [-0.4, -0.2) is 38.7 Å². The van der Waals surface area contributed by atoms with Gasteiger partial charge in [-0.1, -0.05) is 54.6 Å². The molecule has 6 heteroatoms. The van der Waals surface area contributed by atoms with E-state index in [-0.39, 0.29) is 17.5 Å². The van der Waals surface area contributed by atoms with Gasteiger partial charge in [-0.15, -0.1) is 0 Å². The first-order chi connectivity index (χ1) is 19.2. The minimum atomic E-state index is -0.663. The first-order valence-electron chi connectivity index (χ1n) is 14.2. The summed E-state index contributed by atoms with van der Waals surface area (Å²) in [5.74, 6) is 0.920. The van der Waals surface area contributed by atoms with Crippen LogP contribution >= 0.6 is 0 Å². The molecule has 0 unspecified atom stereocenters. The molecule has 40 heavy (non-hydrogen) atoms. The second kappa shape index (κ2) is 11.8. The summed E-state index contributed by atoms with van der Waals surface area (Å²) in [4.78, 5) is 17.4. The summed E-state index contributed by atoms with van der Waals surface area (Å²) >= 11 is 0. The Kier molecular flexibility index (Phi) is 8.19. The topological polar surface area (TPSA) is 79.2 Å². The third-order valence-corrected chi connectivity index (χ3v) is 7.85. The van der Waals surface area contributed by atoms with E-state index in [9.17, 15) is 9.90 Å². The molecule has 0 bridgehead atoms. The molecule has 1 aliphatic carbocycles. The largest absolute Gasteiger partial charge is 0.387 e. The summed E-state index contributed by atoms with van der Waals surface area (Å²) in [6, 6.07) is 24.9. The number of aromatic nitrogens is 2. The van der Waals surface area contributed by atoms with Gasteiger partial charge in [-0.3, -0.25) is 4.79 Å². The number of aryl methyl sites for hydroxylation is 2. The molecule has 0 saturated carbocycles. The Morgan fingerprint density at radius 2 is 1.65 bits per heavy atom. The zero-order valence-corrected chi connectivity index (χ0v) is 23.9. The van der Waals surface area contributed by atoms with Crippen LogP contribution in [0.1, 0.15) is 59.2 Å². The number of hydrogen-bond donors (Lipinski definition) is 3. The van der Waals surface area contributed by atoms with Crippen molar-refractivity contribution in [3.8, 4) is 5.82 Å². The maximum Gasteiger partial charge on any atom is 0.224 e. The predicted octanol–water partition coefficient (Wildman–Crippen LogP) is 4.96. The zero-order valence-electron chi connectivity index (χ0n) is 23.9. The normalized spacial score (nSPS) is 14.2. The van der Waals surface area contributed by atoms with E-state index >= 15 is 0 Å². The van der Waals surface area contributed by atoms with E-state index in [1.54, 1.807) is 6.20 Å². The van der Waals surface area contributed by atoms with Gasteiger partial charge < -0.3 is 20.3 Å². The molecule has 4 aromatic rings. The van der Waals surface area contributed by atoms with Crippen LogP contribution in [0.4, 0.5) is 0 Å². The van der Waals surface area contributed by atoms with Gasteiger partial charge in [-0.05, 0) is 87.4 Å². The fraction of sp³-hybridized carbons (Fsp3) is 0.353. The van der Waals surface area contributed by atoms with Crippen LogP contribution in [0.25, 0.3) is 5.82 Å². The zero-order chi connectivity index (χ0) is 28.3. The van der Waals surface area contributed by atoms with E-state index in [1.165, 1.54) is 11.1 Å². The average Bonchev–Trinajstić information content (AvgIpc) is 3.48. The maximum atomic E-state index is 12.8. The molecule has 208 valence electrons. The van der Waals surface area contributed by atoms with Crippen molar-refractivity contribution in [3.63, 3.8) is 0 Å². The molecular weight excluding hydrogens is 496 g/mol. The van der Waals surface area contributed by atoms with Gasteiger partial charge in [0.15, 0.2) is 0 Å². The third kappa shape index (κ3) is 6.69. The van der Waals surface area contributed by atoms with Gasteiger partial charge in [-0.25, -0.2) is 4.98 Å². The van der Waals surface area contributed by atoms with Gasteiger partial charge in [0, 0.05) is 41.3 Å². The van der Waals surface area contributed by atoms with Gasteiger partial charge in [0.25, 0.3) is 0 Å². The predicted molar refractivity (Wildman–Crippen MR) is 160 cm³/mol. The van der Waals surface area contributed by atoms with Crippen LogP contribution in [0.2, 0.25) is 0 Å². The molecule has 0 fully saturated rings. The monoisotopic (exact) mass is 536 g/mol. The molecule has 2 aromatic heterocycles. The molecule has 3 N–H and O–H groups in total. The fourth-order valence-corrected chi connectivity index (χ4v) is 5.79. The van der Waals surface area contributed by atoms with E-state index in [0.29, 0.717) is 13.0 Å². The molecule has 1 atom stereocenters. The maximum absolute atomic E-state index is 12.8. The molecule has 2 aromatic carbocycles. The van der Waals surface area contributed by atoms with Crippen LogP contribution in [0, 0.1) is 13.8 Å². The van der Waals surface area contributed by atoms with Crippen molar-refractivity contribution in [2.24, 2.45) is 0 Å². The number of aliphatic hydroxyl groups excluding tert-OH is 1. The van der Waals surface area contributed by atoms with E-state index in [4.69, 9.17) is 0 Å². The minimum Gasteiger partial charge on any atom is -0.387 e. The summed E-state index contributed by atoms with van der Waals surface area (Å²) in [6.07, 6.45) is 4.05. The fourth-order valence-electron chi connectivity index (χ4n) is 5.79. The third-order valence-electron chi connectivity index (χ3n) is 7.85. The number of carbonyl (C=O) groups is 1. The molecule has 6 nitrogen and oxygen atoms in total. The standard InChI is InChI=1S/C34H40N4O2/c1-23-12-13-24(2)38(23)32-15-14-29(21-35-32)31(39)22-36-34(3,4)20-26-9-7-8-25(16-26)17-33(40)37-30-18-27-10-5-6-11-28(27)19-30/h5-16,21,30-31,36,39H,17-20,22H2,1-4H3,(H,37,40)/t31-/m1/s1. The van der Waals surface area contributed by atoms with Gasteiger partial charge in [0.2, 0.25) is 5.91 Å². The van der Waals surface area contributed by atoms with Crippen molar-refractivity contribution in [1.82, 2.24) is 20.2 Å².